The van der Waals surface area contributed by atoms with Crippen molar-refractivity contribution in [3.63, 3.8) is 0 Å². The van der Waals surface area contributed by atoms with Gasteiger partial charge < -0.3 is 0 Å². The lowest BCUT2D eigenvalue weighted by Gasteiger charge is -2.19. The molecule has 2 N–H and O–H groups in total. The fourth-order valence-electron chi connectivity index (χ4n) is 3.18. The number of nitrogens with zero attached hydrogens (tertiary/aromatic N) is 1. The number of carbonyl (C=O) groups is 1. The Hall–Kier alpha value is -1.93. The van der Waals surface area contributed by atoms with Gasteiger partial charge in [-0.3, -0.25) is 19.3 Å². The molecule has 7 nitrogen and oxygen atoms in total. The predicted molar refractivity (Wildman–Crippen MR) is 84.2 cm³/mol. The van der Waals surface area contributed by atoms with Crippen molar-refractivity contribution in [2.24, 2.45) is 10.9 Å². The van der Waals surface area contributed by atoms with Gasteiger partial charge in [-0.2, -0.15) is 0 Å². The van der Waals surface area contributed by atoms with E-state index in [-0.39, 0.29) is 22.6 Å². The molecule has 1 aromatic carbocycles. The number of hydrogen-bond acceptors (Lipinski definition) is 5. The highest BCUT2D eigenvalue weighted by atomic mass is 32.2. The van der Waals surface area contributed by atoms with Crippen molar-refractivity contribution in [2.45, 2.75) is 36.6 Å². The Bertz CT molecular complexity index is 739. The Kier molecular flexibility index (Phi) is 4.36. The Balaban J connectivity index is 1.98. The molecule has 8 heteroatoms. The summed E-state index contributed by atoms with van der Waals surface area (Å²) < 4.78 is 26.7. The zero-order valence-electron chi connectivity index (χ0n) is 12.8. The van der Waals surface area contributed by atoms with E-state index in [0.717, 1.165) is 25.7 Å². The lowest BCUT2D eigenvalue weighted by Crippen LogP contribution is -2.38. The standard InChI is InChI=1S/C15H19N3O4S/c1-22-17-15(19)13(10-6-2-3-7-10)16-14-11-8-4-5-9-12(11)23(20,21)18-14/h4-5,8-10,13H,2-3,6-7H2,1H3,(H,16,18)(H,17,19). The van der Waals surface area contributed by atoms with Gasteiger partial charge in [-0.15, -0.1) is 0 Å². The first-order valence-electron chi connectivity index (χ1n) is 7.56. The van der Waals surface area contributed by atoms with Crippen LogP contribution in [-0.4, -0.2) is 33.3 Å². The Morgan fingerprint density at radius 2 is 2.04 bits per heavy atom. The molecular weight excluding hydrogens is 318 g/mol. The van der Waals surface area contributed by atoms with E-state index in [0.29, 0.717) is 5.56 Å². The van der Waals surface area contributed by atoms with Crippen LogP contribution in [0.1, 0.15) is 31.2 Å². The van der Waals surface area contributed by atoms with Crippen molar-refractivity contribution in [3.05, 3.63) is 29.8 Å². The van der Waals surface area contributed by atoms with Crippen molar-refractivity contribution in [1.82, 2.24) is 10.2 Å². The number of carbonyl (C=O) groups excluding carboxylic acids is 1. The molecule has 1 atom stereocenters. The normalized spacial score (nSPS) is 22.6. The number of amides is 1. The van der Waals surface area contributed by atoms with Gasteiger partial charge in [-0.1, -0.05) is 25.0 Å². The van der Waals surface area contributed by atoms with Gasteiger partial charge in [0.05, 0.1) is 12.0 Å². The number of sulfonamides is 1. The molecule has 1 amide bonds. The molecule has 0 spiro atoms. The lowest BCUT2D eigenvalue weighted by atomic mass is 9.98. The minimum absolute atomic E-state index is 0.0925. The summed E-state index contributed by atoms with van der Waals surface area (Å²) in [6, 6.07) is 5.95. The van der Waals surface area contributed by atoms with Crippen LogP contribution in [-0.2, 0) is 19.7 Å². The Labute approximate surface area is 135 Å². The summed E-state index contributed by atoms with van der Waals surface area (Å²) in [5, 5.41) is 0. The molecule has 0 aromatic heterocycles. The summed E-state index contributed by atoms with van der Waals surface area (Å²) in [6.45, 7) is 0. The van der Waals surface area contributed by atoms with Gasteiger partial charge in [0.2, 0.25) is 0 Å². The molecule has 2 aliphatic rings. The highest BCUT2D eigenvalue weighted by Crippen LogP contribution is 2.31. The first-order chi connectivity index (χ1) is 11.0. The molecule has 124 valence electrons. The van der Waals surface area contributed by atoms with Crippen LogP contribution in [0.5, 0.6) is 0 Å². The number of fused-ring (bicyclic) bond motifs is 1. The van der Waals surface area contributed by atoms with Crippen molar-refractivity contribution >= 4 is 21.8 Å². The highest BCUT2D eigenvalue weighted by Gasteiger charge is 2.35. The topological polar surface area (TPSA) is 96.9 Å². The average molecular weight is 337 g/mol. The van der Waals surface area contributed by atoms with E-state index in [4.69, 9.17) is 4.84 Å². The highest BCUT2D eigenvalue weighted by molar-refractivity contribution is 7.90. The monoisotopic (exact) mass is 337 g/mol. The average Bonchev–Trinajstić information content (AvgIpc) is 3.13. The third-order valence-electron chi connectivity index (χ3n) is 4.25. The lowest BCUT2D eigenvalue weighted by molar-refractivity contribution is -0.133. The maximum absolute atomic E-state index is 12.3. The van der Waals surface area contributed by atoms with Gasteiger partial charge in [0, 0.05) is 5.56 Å². The first kappa shape index (κ1) is 15.9. The third kappa shape index (κ3) is 3.09. The Morgan fingerprint density at radius 1 is 1.35 bits per heavy atom. The Morgan fingerprint density at radius 3 is 2.74 bits per heavy atom. The smallest absolute Gasteiger partial charge is 0.268 e. The van der Waals surface area contributed by atoms with E-state index in [1.807, 2.05) is 0 Å². The fraction of sp³-hybridized carbons (Fsp3) is 0.467. The molecule has 0 saturated heterocycles. The van der Waals surface area contributed by atoms with E-state index in [1.54, 1.807) is 18.2 Å². The van der Waals surface area contributed by atoms with E-state index < -0.39 is 16.1 Å². The number of hydroxylamine groups is 1. The number of amidine groups is 1. The van der Waals surface area contributed by atoms with Crippen molar-refractivity contribution in [3.8, 4) is 0 Å². The fourth-order valence-corrected chi connectivity index (χ4v) is 4.42. The van der Waals surface area contributed by atoms with Crippen molar-refractivity contribution in [1.29, 1.82) is 0 Å². The molecule has 1 fully saturated rings. The van der Waals surface area contributed by atoms with Crippen molar-refractivity contribution in [2.75, 3.05) is 7.11 Å². The molecular formula is C15H19N3O4S. The predicted octanol–water partition coefficient (Wildman–Crippen LogP) is 0.961. The summed E-state index contributed by atoms with van der Waals surface area (Å²) in [5.74, 6) is -0.0332. The first-order valence-corrected chi connectivity index (χ1v) is 9.04. The van der Waals surface area contributed by atoms with Gasteiger partial charge in [0.1, 0.15) is 11.9 Å². The molecule has 1 unspecified atom stereocenters. The van der Waals surface area contributed by atoms with Crippen LogP contribution < -0.4 is 10.2 Å². The number of nitrogens with one attached hydrogen (secondary N) is 2. The van der Waals surface area contributed by atoms with Crippen LogP contribution in [0.25, 0.3) is 0 Å². The summed E-state index contributed by atoms with van der Waals surface area (Å²) in [7, 11) is -2.24. The number of rotatable bonds is 4. The minimum atomic E-state index is -3.61. The molecule has 1 aliphatic carbocycles. The van der Waals surface area contributed by atoms with Gasteiger partial charge in [-0.05, 0) is 30.9 Å². The van der Waals surface area contributed by atoms with Gasteiger partial charge in [0.15, 0.2) is 0 Å². The largest absolute Gasteiger partial charge is 0.277 e. The molecule has 3 rings (SSSR count). The zero-order chi connectivity index (χ0) is 16.4. The minimum Gasteiger partial charge on any atom is -0.277 e. The number of aliphatic imine (C=N–C) groups is 1. The second kappa shape index (κ2) is 6.29. The maximum Gasteiger partial charge on any atom is 0.268 e. The molecule has 1 heterocycles. The van der Waals surface area contributed by atoms with E-state index in [1.165, 1.54) is 13.2 Å². The summed E-state index contributed by atoms with van der Waals surface area (Å²) in [4.78, 5) is 21.6. The van der Waals surface area contributed by atoms with Gasteiger partial charge >= 0.3 is 0 Å². The number of benzene rings is 1. The van der Waals surface area contributed by atoms with E-state index >= 15 is 0 Å². The van der Waals surface area contributed by atoms with E-state index in [2.05, 4.69) is 15.2 Å². The molecule has 0 bridgehead atoms. The van der Waals surface area contributed by atoms with Gasteiger partial charge in [-0.25, -0.2) is 13.9 Å². The second-order valence-corrected chi connectivity index (χ2v) is 7.39. The van der Waals surface area contributed by atoms with Crippen molar-refractivity contribution < 1.29 is 18.0 Å². The molecule has 23 heavy (non-hydrogen) atoms. The van der Waals surface area contributed by atoms with Gasteiger partial charge in [0.25, 0.3) is 15.9 Å². The quantitative estimate of drug-likeness (QED) is 0.800. The van der Waals surface area contributed by atoms with Crippen LogP contribution in [0.2, 0.25) is 0 Å². The molecule has 0 radical (unpaired) electrons. The maximum atomic E-state index is 12.3. The molecule has 1 saturated carbocycles. The SMILES string of the molecule is CONC(=O)C(N=C1NS(=O)(=O)c2ccccc21)C1CCCC1. The molecule has 1 aromatic rings. The second-order valence-electron chi connectivity index (χ2n) is 5.74. The van der Waals surface area contributed by atoms with Crippen LogP contribution in [0.15, 0.2) is 34.2 Å². The third-order valence-corrected chi connectivity index (χ3v) is 5.65. The van der Waals surface area contributed by atoms with Crippen LogP contribution in [0.3, 0.4) is 0 Å². The number of hydrogen-bond donors (Lipinski definition) is 2. The van der Waals surface area contributed by atoms with Crippen LogP contribution in [0, 0.1) is 5.92 Å². The summed E-state index contributed by atoms with van der Waals surface area (Å²) >= 11 is 0. The summed E-state index contributed by atoms with van der Waals surface area (Å²) in [6.07, 6.45) is 3.89. The van der Waals surface area contributed by atoms with Crippen LogP contribution in [0.4, 0.5) is 0 Å². The van der Waals surface area contributed by atoms with Crippen LogP contribution >= 0.6 is 0 Å². The van der Waals surface area contributed by atoms with E-state index in [9.17, 15) is 13.2 Å². The zero-order valence-corrected chi connectivity index (χ0v) is 13.6. The summed E-state index contributed by atoms with van der Waals surface area (Å²) in [5.41, 5.74) is 2.82. The molecule has 1 aliphatic heterocycles.